The van der Waals surface area contributed by atoms with Crippen molar-refractivity contribution in [1.29, 1.82) is 0 Å². The molecular weight excluding hydrogens is 386 g/mol. The van der Waals surface area contributed by atoms with Gasteiger partial charge in [-0.3, -0.25) is 14.5 Å². The van der Waals surface area contributed by atoms with Gasteiger partial charge in [-0.05, 0) is 17.4 Å². The van der Waals surface area contributed by atoms with Crippen LogP contribution >= 0.6 is 23.5 Å². The molecular formula is C13H15N5O6S2. The van der Waals surface area contributed by atoms with Crippen molar-refractivity contribution in [3.05, 3.63) is 10.6 Å². The predicted molar refractivity (Wildman–Crippen MR) is 88.9 cm³/mol. The Morgan fingerprint density at radius 2 is 2.12 bits per heavy atom. The molecule has 11 nitrogen and oxygen atoms in total. The van der Waals surface area contributed by atoms with Crippen LogP contribution in [0.15, 0.2) is 15.8 Å². The van der Waals surface area contributed by atoms with Crippen molar-refractivity contribution in [3.63, 3.8) is 0 Å². The summed E-state index contributed by atoms with van der Waals surface area (Å²) in [6.07, 6.45) is -1.00. The monoisotopic (exact) mass is 401 g/mol. The summed E-state index contributed by atoms with van der Waals surface area (Å²) < 4.78 is 1.33. The maximum atomic E-state index is 12.1. The Morgan fingerprint density at radius 3 is 2.73 bits per heavy atom. The molecule has 0 spiro atoms. The second-order valence-corrected chi connectivity index (χ2v) is 7.83. The molecule has 2 aliphatic rings. The number of carboxylic acid groups (broad SMARTS) is 2. The molecule has 1 unspecified atom stereocenters. The zero-order valence-corrected chi connectivity index (χ0v) is 15.1. The standard InChI is InChI=1S/C13H15N5O6S2/c1-5(19)8-10(22)18-9(12(23)24)6(26-11(8)18)4-25-13-14-15-16-17(13)3-2-7(20)21/h5,8,11,19H,2-4H2,1H3,(H,20,21)(H,23,24)/t5?,8-,11+/m0/s1. The minimum Gasteiger partial charge on any atom is -0.481 e. The highest BCUT2D eigenvalue weighted by molar-refractivity contribution is 8.06. The van der Waals surface area contributed by atoms with E-state index >= 15 is 0 Å². The second kappa shape index (κ2) is 7.25. The summed E-state index contributed by atoms with van der Waals surface area (Å²) in [5.74, 6) is -3.00. The first-order chi connectivity index (χ1) is 12.3. The van der Waals surface area contributed by atoms with Crippen LogP contribution in [0, 0.1) is 5.92 Å². The Hall–Kier alpha value is -2.12. The maximum absolute atomic E-state index is 12.1. The minimum atomic E-state index is -1.21. The molecule has 0 aromatic carbocycles. The third-order valence-electron chi connectivity index (χ3n) is 3.94. The van der Waals surface area contributed by atoms with Crippen LogP contribution in [0.2, 0.25) is 0 Å². The van der Waals surface area contributed by atoms with Crippen molar-refractivity contribution in [1.82, 2.24) is 25.1 Å². The van der Waals surface area contributed by atoms with Crippen molar-refractivity contribution < 1.29 is 29.7 Å². The smallest absolute Gasteiger partial charge is 0.353 e. The third kappa shape index (κ3) is 3.29. The lowest BCUT2D eigenvalue weighted by atomic mass is 9.92. The number of carbonyl (C=O) groups excluding carboxylic acids is 1. The lowest BCUT2D eigenvalue weighted by molar-refractivity contribution is -0.156. The number of fused-ring (bicyclic) bond motifs is 1. The summed E-state index contributed by atoms with van der Waals surface area (Å²) in [5, 5.41) is 38.9. The molecule has 140 valence electrons. The number of aryl methyl sites for hydroxylation is 1. The lowest BCUT2D eigenvalue weighted by Gasteiger charge is -2.43. The van der Waals surface area contributed by atoms with Gasteiger partial charge in [0.05, 0.1) is 25.0 Å². The van der Waals surface area contributed by atoms with E-state index < -0.39 is 35.2 Å². The summed E-state index contributed by atoms with van der Waals surface area (Å²) in [4.78, 5) is 36.1. The fraction of sp³-hybridized carbons (Fsp3) is 0.538. The van der Waals surface area contributed by atoms with Gasteiger partial charge in [-0.15, -0.1) is 16.9 Å². The van der Waals surface area contributed by atoms with E-state index in [2.05, 4.69) is 15.5 Å². The SMILES string of the molecule is CC(O)[C@H]1C(=O)N2C(C(=O)O)=C(CSc3nnnn3CCC(=O)O)S[C@H]12. The Balaban J connectivity index is 1.72. The number of carboxylic acids is 2. The number of thioether (sulfide) groups is 2. The van der Waals surface area contributed by atoms with E-state index in [-0.39, 0.29) is 24.4 Å². The van der Waals surface area contributed by atoms with Crippen LogP contribution in [0.4, 0.5) is 0 Å². The van der Waals surface area contributed by atoms with Crippen LogP contribution in [-0.4, -0.2) is 75.5 Å². The molecule has 0 bridgehead atoms. The van der Waals surface area contributed by atoms with Crippen LogP contribution in [0.25, 0.3) is 0 Å². The molecule has 3 atom stereocenters. The summed E-state index contributed by atoms with van der Waals surface area (Å²) in [6, 6.07) is 0. The molecule has 3 rings (SSSR count). The zero-order chi connectivity index (χ0) is 19.0. The molecule has 2 aliphatic heterocycles. The van der Waals surface area contributed by atoms with Crippen LogP contribution < -0.4 is 0 Å². The van der Waals surface area contributed by atoms with E-state index in [1.807, 2.05) is 0 Å². The van der Waals surface area contributed by atoms with Crippen LogP contribution in [0.3, 0.4) is 0 Å². The molecule has 13 heteroatoms. The summed E-state index contributed by atoms with van der Waals surface area (Å²) in [6.45, 7) is 1.60. The number of aliphatic hydroxyl groups excluding tert-OH is 1. The zero-order valence-electron chi connectivity index (χ0n) is 13.5. The Labute approximate surface area is 155 Å². The molecule has 0 radical (unpaired) electrons. The number of nitrogens with zero attached hydrogens (tertiary/aromatic N) is 5. The topological polar surface area (TPSA) is 159 Å². The van der Waals surface area contributed by atoms with E-state index in [0.29, 0.717) is 10.1 Å². The number of aromatic nitrogens is 4. The van der Waals surface area contributed by atoms with Gasteiger partial charge in [-0.1, -0.05) is 11.8 Å². The summed E-state index contributed by atoms with van der Waals surface area (Å²) in [7, 11) is 0. The first-order valence-corrected chi connectivity index (χ1v) is 9.42. The Kier molecular flexibility index (Phi) is 5.20. The molecule has 1 saturated heterocycles. The fourth-order valence-electron chi connectivity index (χ4n) is 2.73. The number of carbonyl (C=O) groups is 3. The van der Waals surface area contributed by atoms with Gasteiger partial charge in [0, 0.05) is 10.7 Å². The number of hydrogen-bond donors (Lipinski definition) is 3. The normalized spacial score (nSPS) is 23.0. The third-order valence-corrected chi connectivity index (χ3v) is 6.48. The number of aliphatic hydroxyl groups is 1. The van der Waals surface area contributed by atoms with E-state index in [1.54, 1.807) is 0 Å². The first kappa shape index (κ1) is 18.7. The van der Waals surface area contributed by atoms with Crippen molar-refractivity contribution in [3.8, 4) is 0 Å². The molecule has 1 amide bonds. The minimum absolute atomic E-state index is 0.0843. The number of aliphatic carboxylic acids is 2. The molecule has 0 saturated carbocycles. The molecule has 1 aromatic heterocycles. The summed E-state index contributed by atoms with van der Waals surface area (Å²) in [5.41, 5.74) is -0.0843. The second-order valence-electron chi connectivity index (χ2n) is 5.68. The highest BCUT2D eigenvalue weighted by atomic mass is 32.2. The molecule has 1 aromatic rings. The fourth-order valence-corrected chi connectivity index (χ4v) is 5.34. The molecule has 3 heterocycles. The van der Waals surface area contributed by atoms with Crippen molar-refractivity contribution >= 4 is 41.4 Å². The largest absolute Gasteiger partial charge is 0.481 e. The van der Waals surface area contributed by atoms with Gasteiger partial charge in [-0.25, -0.2) is 9.48 Å². The summed E-state index contributed by atoms with van der Waals surface area (Å²) >= 11 is 2.39. The highest BCUT2D eigenvalue weighted by Crippen LogP contribution is 2.51. The Morgan fingerprint density at radius 1 is 1.38 bits per heavy atom. The van der Waals surface area contributed by atoms with Crippen molar-refractivity contribution in [2.45, 2.75) is 36.5 Å². The van der Waals surface area contributed by atoms with Crippen LogP contribution in [-0.2, 0) is 20.9 Å². The van der Waals surface area contributed by atoms with E-state index in [4.69, 9.17) is 5.11 Å². The van der Waals surface area contributed by atoms with Crippen molar-refractivity contribution in [2.75, 3.05) is 5.75 Å². The average molecular weight is 401 g/mol. The number of β-lactam (4-membered cyclic amide) rings is 1. The maximum Gasteiger partial charge on any atom is 0.353 e. The molecule has 3 N–H and O–H groups in total. The number of rotatable bonds is 8. The van der Waals surface area contributed by atoms with Gasteiger partial charge >= 0.3 is 11.9 Å². The van der Waals surface area contributed by atoms with E-state index in [1.165, 1.54) is 28.3 Å². The lowest BCUT2D eigenvalue weighted by Crippen LogP contribution is -2.60. The van der Waals surface area contributed by atoms with Gasteiger partial charge < -0.3 is 15.3 Å². The predicted octanol–water partition coefficient (Wildman–Crippen LogP) is -0.552. The van der Waals surface area contributed by atoms with E-state index in [9.17, 15) is 24.6 Å². The van der Waals surface area contributed by atoms with E-state index in [0.717, 1.165) is 11.8 Å². The average Bonchev–Trinajstić information content (AvgIpc) is 3.12. The molecule has 26 heavy (non-hydrogen) atoms. The highest BCUT2D eigenvalue weighted by Gasteiger charge is 2.57. The first-order valence-electron chi connectivity index (χ1n) is 7.56. The number of tetrazole rings is 1. The van der Waals surface area contributed by atoms with Crippen molar-refractivity contribution in [2.24, 2.45) is 5.92 Å². The number of hydrogen-bond acceptors (Lipinski definition) is 9. The quantitative estimate of drug-likeness (QED) is 0.379. The Bertz CT molecular complexity index is 794. The van der Waals surface area contributed by atoms with Gasteiger partial charge in [0.2, 0.25) is 11.1 Å². The molecule has 1 fully saturated rings. The van der Waals surface area contributed by atoms with Crippen LogP contribution in [0.5, 0.6) is 0 Å². The van der Waals surface area contributed by atoms with Gasteiger partial charge in [0.25, 0.3) is 0 Å². The number of amides is 1. The molecule has 0 aliphatic carbocycles. The van der Waals surface area contributed by atoms with Crippen LogP contribution in [0.1, 0.15) is 13.3 Å². The van der Waals surface area contributed by atoms with Gasteiger partial charge in [0.1, 0.15) is 11.1 Å². The van der Waals surface area contributed by atoms with Gasteiger partial charge in [0.15, 0.2) is 0 Å². The van der Waals surface area contributed by atoms with Gasteiger partial charge in [-0.2, -0.15) is 0 Å².